The van der Waals surface area contributed by atoms with Crippen LogP contribution in [0, 0.1) is 0 Å². The smallest absolute Gasteiger partial charge is 0.251 e. The van der Waals surface area contributed by atoms with Crippen molar-refractivity contribution in [3.05, 3.63) is 36.7 Å². The van der Waals surface area contributed by atoms with Crippen LogP contribution in [0.25, 0.3) is 11.3 Å². The Bertz CT molecular complexity index is 700. The van der Waals surface area contributed by atoms with Gasteiger partial charge in [0.2, 0.25) is 0 Å². The normalized spacial score (nSPS) is 16.6. The maximum atomic E-state index is 12.1. The molecule has 1 aliphatic rings. The minimum Gasteiger partial charge on any atom is -0.497 e. The van der Waals surface area contributed by atoms with Gasteiger partial charge in [0.05, 0.1) is 19.8 Å². The molecule has 1 unspecified atom stereocenters. The average molecular weight is 343 g/mol. The van der Waals surface area contributed by atoms with Gasteiger partial charge in [-0.2, -0.15) is 0 Å². The zero-order valence-corrected chi connectivity index (χ0v) is 14.1. The summed E-state index contributed by atoms with van der Waals surface area (Å²) in [5, 5.41) is 2.75. The summed E-state index contributed by atoms with van der Waals surface area (Å²) in [6.45, 7) is 1.16. The van der Waals surface area contributed by atoms with Gasteiger partial charge in [0.15, 0.2) is 5.82 Å². The summed E-state index contributed by atoms with van der Waals surface area (Å²) in [5.74, 6) is 0.882. The minimum absolute atomic E-state index is 0.0432. The molecule has 1 fully saturated rings. The van der Waals surface area contributed by atoms with Crippen molar-refractivity contribution in [1.29, 1.82) is 0 Å². The molecule has 0 saturated carbocycles. The number of amides is 1. The zero-order chi connectivity index (χ0) is 17.5. The van der Waals surface area contributed by atoms with E-state index < -0.39 is 0 Å². The van der Waals surface area contributed by atoms with Gasteiger partial charge in [-0.05, 0) is 37.1 Å². The molecule has 0 aliphatic carbocycles. The predicted molar refractivity (Wildman–Crippen MR) is 92.4 cm³/mol. The van der Waals surface area contributed by atoms with Crippen LogP contribution in [0.3, 0.4) is 0 Å². The lowest BCUT2D eigenvalue weighted by atomic mass is 10.1. The van der Waals surface area contributed by atoms with Crippen LogP contribution >= 0.6 is 0 Å². The number of hydrogen-bond donors (Lipinski definition) is 1. The Labute approximate surface area is 146 Å². The van der Waals surface area contributed by atoms with Crippen molar-refractivity contribution in [3.63, 3.8) is 0 Å². The molecule has 1 amide bonds. The Balaban J connectivity index is 1.60. The molecule has 2 heterocycles. The first kappa shape index (κ1) is 17.3. The van der Waals surface area contributed by atoms with Crippen molar-refractivity contribution in [1.82, 2.24) is 9.97 Å². The van der Waals surface area contributed by atoms with E-state index in [1.54, 1.807) is 13.3 Å². The summed E-state index contributed by atoms with van der Waals surface area (Å²) in [7, 11) is 1.61. The third-order valence-corrected chi connectivity index (χ3v) is 3.88. The molecule has 132 valence electrons. The molecule has 0 radical (unpaired) electrons. The number of carbonyl (C=O) groups excluding carboxylic acids is 1. The molecule has 2 aromatic rings. The molecule has 1 atom stereocenters. The first-order valence-corrected chi connectivity index (χ1v) is 8.21. The van der Waals surface area contributed by atoms with E-state index in [4.69, 9.17) is 14.2 Å². The molecule has 7 heteroatoms. The van der Waals surface area contributed by atoms with E-state index in [0.717, 1.165) is 30.8 Å². The Morgan fingerprint density at radius 2 is 2.08 bits per heavy atom. The number of nitrogens with one attached hydrogen (secondary N) is 1. The van der Waals surface area contributed by atoms with Crippen molar-refractivity contribution < 1.29 is 19.0 Å². The molecule has 25 heavy (non-hydrogen) atoms. The predicted octanol–water partition coefficient (Wildman–Crippen LogP) is 2.29. The van der Waals surface area contributed by atoms with Gasteiger partial charge >= 0.3 is 0 Å². The molecule has 1 N–H and O–H groups in total. The van der Waals surface area contributed by atoms with Crippen LogP contribution in [-0.4, -0.2) is 48.9 Å². The standard InChI is InChI=1S/C18H21N3O4/c1-23-14-6-4-13(5-7-14)17-18(20-9-8-19-17)21-16(22)12-24-11-15-3-2-10-25-15/h4-9,15H,2-3,10-12H2,1H3,(H,20,21,22). The van der Waals surface area contributed by atoms with Gasteiger partial charge < -0.3 is 19.5 Å². The van der Waals surface area contributed by atoms with E-state index in [2.05, 4.69) is 15.3 Å². The number of anilines is 1. The first-order chi connectivity index (χ1) is 12.3. The Hall–Kier alpha value is -2.51. The maximum Gasteiger partial charge on any atom is 0.251 e. The topological polar surface area (TPSA) is 82.6 Å². The Morgan fingerprint density at radius 1 is 1.28 bits per heavy atom. The number of carbonyl (C=O) groups is 1. The summed E-state index contributed by atoms with van der Waals surface area (Å²) in [6, 6.07) is 7.40. The van der Waals surface area contributed by atoms with Crippen LogP contribution in [0.2, 0.25) is 0 Å². The lowest BCUT2D eigenvalue weighted by Crippen LogP contribution is -2.23. The second-order valence-corrected chi connectivity index (χ2v) is 5.68. The molecular weight excluding hydrogens is 322 g/mol. The highest BCUT2D eigenvalue weighted by molar-refractivity contribution is 5.94. The average Bonchev–Trinajstić information content (AvgIpc) is 3.16. The van der Waals surface area contributed by atoms with Crippen LogP contribution < -0.4 is 10.1 Å². The highest BCUT2D eigenvalue weighted by Gasteiger charge is 2.16. The van der Waals surface area contributed by atoms with E-state index >= 15 is 0 Å². The lowest BCUT2D eigenvalue weighted by molar-refractivity contribution is -0.121. The summed E-state index contributed by atoms with van der Waals surface area (Å²) < 4.78 is 16.0. The van der Waals surface area contributed by atoms with Crippen LogP contribution in [0.15, 0.2) is 36.7 Å². The van der Waals surface area contributed by atoms with Crippen LogP contribution in [-0.2, 0) is 14.3 Å². The van der Waals surface area contributed by atoms with Gasteiger partial charge in [0.25, 0.3) is 5.91 Å². The number of aromatic nitrogens is 2. The number of ether oxygens (including phenoxy) is 3. The van der Waals surface area contributed by atoms with E-state index in [0.29, 0.717) is 18.1 Å². The molecule has 0 spiro atoms. The quantitative estimate of drug-likeness (QED) is 0.830. The Morgan fingerprint density at radius 3 is 2.80 bits per heavy atom. The molecular formula is C18H21N3O4. The van der Waals surface area contributed by atoms with Crippen molar-refractivity contribution in [3.8, 4) is 17.0 Å². The fourth-order valence-corrected chi connectivity index (χ4v) is 2.62. The Kier molecular flexibility index (Phi) is 5.92. The van der Waals surface area contributed by atoms with Gasteiger partial charge in [-0.1, -0.05) is 0 Å². The molecule has 1 aromatic carbocycles. The number of methoxy groups -OCH3 is 1. The number of nitrogens with zero attached hydrogens (tertiary/aromatic N) is 2. The minimum atomic E-state index is -0.270. The number of rotatable bonds is 7. The van der Waals surface area contributed by atoms with Crippen LogP contribution in [0.1, 0.15) is 12.8 Å². The van der Waals surface area contributed by atoms with Gasteiger partial charge in [-0.25, -0.2) is 4.98 Å². The highest BCUT2D eigenvalue weighted by Crippen LogP contribution is 2.25. The van der Waals surface area contributed by atoms with Crippen LogP contribution in [0.4, 0.5) is 5.82 Å². The van der Waals surface area contributed by atoms with Gasteiger partial charge in [0, 0.05) is 24.6 Å². The van der Waals surface area contributed by atoms with Crippen molar-refractivity contribution in [2.45, 2.75) is 18.9 Å². The van der Waals surface area contributed by atoms with E-state index in [9.17, 15) is 4.79 Å². The van der Waals surface area contributed by atoms with Crippen molar-refractivity contribution in [2.75, 3.05) is 32.2 Å². The van der Waals surface area contributed by atoms with Gasteiger partial charge in [-0.3, -0.25) is 9.78 Å². The zero-order valence-electron chi connectivity index (χ0n) is 14.1. The monoisotopic (exact) mass is 343 g/mol. The molecule has 1 aromatic heterocycles. The molecule has 1 saturated heterocycles. The molecule has 1 aliphatic heterocycles. The third-order valence-electron chi connectivity index (χ3n) is 3.88. The highest BCUT2D eigenvalue weighted by atomic mass is 16.5. The van der Waals surface area contributed by atoms with E-state index in [1.807, 2.05) is 24.3 Å². The summed E-state index contributed by atoms with van der Waals surface area (Å²) in [5.41, 5.74) is 1.43. The fourth-order valence-electron chi connectivity index (χ4n) is 2.62. The molecule has 0 bridgehead atoms. The molecule has 7 nitrogen and oxygen atoms in total. The fraction of sp³-hybridized carbons (Fsp3) is 0.389. The van der Waals surface area contributed by atoms with E-state index in [1.165, 1.54) is 6.20 Å². The second-order valence-electron chi connectivity index (χ2n) is 5.68. The summed E-state index contributed by atoms with van der Waals surface area (Å²) in [4.78, 5) is 20.6. The summed E-state index contributed by atoms with van der Waals surface area (Å²) >= 11 is 0. The largest absolute Gasteiger partial charge is 0.497 e. The van der Waals surface area contributed by atoms with E-state index in [-0.39, 0.29) is 18.6 Å². The van der Waals surface area contributed by atoms with Crippen molar-refractivity contribution >= 4 is 11.7 Å². The third kappa shape index (κ3) is 4.74. The van der Waals surface area contributed by atoms with Gasteiger partial charge in [0.1, 0.15) is 18.1 Å². The van der Waals surface area contributed by atoms with Gasteiger partial charge in [-0.15, -0.1) is 0 Å². The van der Waals surface area contributed by atoms with Crippen molar-refractivity contribution in [2.24, 2.45) is 0 Å². The number of hydrogen-bond acceptors (Lipinski definition) is 6. The van der Waals surface area contributed by atoms with Crippen LogP contribution in [0.5, 0.6) is 5.75 Å². The first-order valence-electron chi connectivity index (χ1n) is 8.21. The summed E-state index contributed by atoms with van der Waals surface area (Å²) in [6.07, 6.45) is 5.25. The lowest BCUT2D eigenvalue weighted by Gasteiger charge is -2.11. The number of benzene rings is 1. The second kappa shape index (κ2) is 8.55. The SMILES string of the molecule is COc1ccc(-c2nccnc2NC(=O)COCC2CCCO2)cc1. The maximum absolute atomic E-state index is 12.1. The molecule has 3 rings (SSSR count).